The van der Waals surface area contributed by atoms with Gasteiger partial charge in [0, 0.05) is 5.56 Å². The first kappa shape index (κ1) is 26.8. The summed E-state index contributed by atoms with van der Waals surface area (Å²) in [5, 5.41) is 0.473. The van der Waals surface area contributed by atoms with Crippen LogP contribution in [0, 0.1) is 0 Å². The first-order chi connectivity index (χ1) is 13.2. The van der Waals surface area contributed by atoms with Crippen LogP contribution in [0.2, 0.25) is 0 Å². The fourth-order valence-electron chi connectivity index (χ4n) is 3.00. The second-order valence-corrected chi connectivity index (χ2v) is 8.58. The van der Waals surface area contributed by atoms with Gasteiger partial charge in [-0.1, -0.05) is 52.0 Å². The smallest absolute Gasteiger partial charge is 0.289 e. The Kier molecular flexibility index (Phi) is 8.82. The molecule has 0 amide bonds. The maximum atomic E-state index is 13.4. The van der Waals surface area contributed by atoms with Crippen LogP contribution in [0.15, 0.2) is 36.4 Å². The van der Waals surface area contributed by atoms with Crippen molar-refractivity contribution in [3.63, 3.8) is 0 Å². The second-order valence-electron chi connectivity index (χ2n) is 7.33. The van der Waals surface area contributed by atoms with Crippen molar-refractivity contribution in [1.29, 1.82) is 0 Å². The molecule has 0 fully saturated rings. The van der Waals surface area contributed by atoms with Crippen molar-refractivity contribution in [3.8, 4) is 0 Å². The van der Waals surface area contributed by atoms with E-state index in [1.807, 2.05) is 33.8 Å². The van der Waals surface area contributed by atoms with E-state index >= 15 is 0 Å². The molecule has 0 saturated heterocycles. The van der Waals surface area contributed by atoms with E-state index in [1.54, 1.807) is 12.1 Å². The minimum atomic E-state index is -5.07. The number of hydrogen-bond acceptors (Lipinski definition) is 1. The van der Waals surface area contributed by atoms with Crippen molar-refractivity contribution in [2.75, 3.05) is 0 Å². The molecule has 2 aromatic rings. The topological polar surface area (TPSA) is 17.1 Å². The van der Waals surface area contributed by atoms with Crippen molar-refractivity contribution in [1.82, 2.24) is 0 Å². The van der Waals surface area contributed by atoms with Gasteiger partial charge >= 0.3 is 31.2 Å². The van der Waals surface area contributed by atoms with E-state index in [1.165, 1.54) is 0 Å². The Morgan fingerprint density at radius 1 is 0.833 bits per heavy atom. The molecule has 9 heteroatoms. The van der Waals surface area contributed by atoms with Gasteiger partial charge in [-0.2, -0.15) is 26.3 Å². The zero-order valence-corrected chi connectivity index (χ0v) is 18.3. The van der Waals surface area contributed by atoms with Crippen molar-refractivity contribution < 1.29 is 50.0 Å². The molecule has 0 bridgehead atoms. The van der Waals surface area contributed by atoms with Crippen LogP contribution in [0.25, 0.3) is 0 Å². The molecular weight excluding hydrogens is 420 g/mol. The van der Waals surface area contributed by atoms with Gasteiger partial charge in [-0.05, 0) is 49.0 Å². The summed E-state index contributed by atoms with van der Waals surface area (Å²) in [6.45, 7) is 7.54. The molecule has 0 heterocycles. The van der Waals surface area contributed by atoms with Crippen molar-refractivity contribution in [2.24, 2.45) is 0 Å². The fourth-order valence-corrected chi connectivity index (χ4v) is 4.39. The molecule has 2 aromatic carbocycles. The van der Waals surface area contributed by atoms with Crippen LogP contribution in [0.4, 0.5) is 26.3 Å². The van der Waals surface area contributed by atoms with E-state index in [0.717, 1.165) is 11.1 Å². The first-order valence-electron chi connectivity index (χ1n) is 8.96. The van der Waals surface area contributed by atoms with E-state index in [2.05, 4.69) is 0 Å². The van der Waals surface area contributed by atoms with Crippen LogP contribution < -0.4 is 24.2 Å². The van der Waals surface area contributed by atoms with Gasteiger partial charge in [0.1, 0.15) is 0 Å². The van der Waals surface area contributed by atoms with E-state index < -0.39 is 43.1 Å². The van der Waals surface area contributed by atoms with Crippen LogP contribution >= 0.6 is 8.58 Å². The van der Waals surface area contributed by atoms with Crippen LogP contribution in [-0.2, 0) is 12.4 Å². The van der Waals surface area contributed by atoms with Crippen LogP contribution in [0.1, 0.15) is 72.1 Å². The predicted molar refractivity (Wildman–Crippen MR) is 103 cm³/mol. The molecular formula is C21H21F6LiOP+. The zero-order valence-electron chi connectivity index (χ0n) is 17.3. The standard InChI is InChI=1S/C21H21F6OP.Li/c1-11(2)13-8-9-14(12(3)4)17(10-13)29-19(28)18-15(20(22,23)24)6-5-7-16(18)21(25,26)27;/h5-12,29H,1-4H3;/q;+1. The molecule has 1 nitrogen and oxygen atoms in total. The number of carbonyl (C=O) groups excluding carboxylic acids is 1. The van der Waals surface area contributed by atoms with Gasteiger partial charge in [0.2, 0.25) is 0 Å². The van der Waals surface area contributed by atoms with Crippen molar-refractivity contribution in [2.45, 2.75) is 51.9 Å². The Balaban J connectivity index is 0.00000450. The Labute approximate surface area is 185 Å². The number of rotatable bonds is 5. The van der Waals surface area contributed by atoms with Gasteiger partial charge in [0.25, 0.3) is 0 Å². The van der Waals surface area contributed by atoms with Gasteiger partial charge in [-0.15, -0.1) is 0 Å². The van der Waals surface area contributed by atoms with E-state index in [-0.39, 0.29) is 30.7 Å². The SMILES string of the molecule is CC(C)c1ccc(C(C)C)c(PC(=O)c2c(C(F)(F)F)cccc2C(F)(F)F)c1.[Li+]. The van der Waals surface area contributed by atoms with Crippen LogP contribution in [-0.4, -0.2) is 5.52 Å². The molecule has 0 saturated carbocycles. The Bertz CT molecular complexity index is 871. The number of benzene rings is 2. The number of hydrogen-bond donors (Lipinski definition) is 0. The summed E-state index contributed by atoms with van der Waals surface area (Å²) in [4.78, 5) is 12.8. The molecule has 158 valence electrons. The minimum absolute atomic E-state index is 0. The molecule has 0 aliphatic heterocycles. The molecule has 0 aromatic heterocycles. The van der Waals surface area contributed by atoms with E-state index in [0.29, 0.717) is 23.5 Å². The molecule has 0 N–H and O–H groups in total. The quantitative estimate of drug-likeness (QED) is 0.388. The summed E-state index contributed by atoms with van der Waals surface area (Å²) in [5.74, 6) is 0.0644. The maximum absolute atomic E-state index is 13.4. The van der Waals surface area contributed by atoms with Crippen molar-refractivity contribution in [3.05, 3.63) is 64.2 Å². The Morgan fingerprint density at radius 3 is 1.73 bits per heavy atom. The molecule has 0 radical (unpaired) electrons. The average Bonchev–Trinajstić information content (AvgIpc) is 2.59. The molecule has 0 aliphatic rings. The first-order valence-corrected chi connectivity index (χ1v) is 9.96. The molecule has 0 aliphatic carbocycles. The summed E-state index contributed by atoms with van der Waals surface area (Å²) in [5.41, 5.74) is -4.00. The largest absolute Gasteiger partial charge is 1.00 e. The Hall–Kier alpha value is -1.28. The minimum Gasteiger partial charge on any atom is -0.289 e. The molecule has 2 rings (SSSR count). The number of carbonyl (C=O) groups is 1. The van der Waals surface area contributed by atoms with Crippen molar-refractivity contribution >= 4 is 19.4 Å². The van der Waals surface area contributed by atoms with Gasteiger partial charge < -0.3 is 0 Å². The molecule has 0 spiro atoms. The Morgan fingerprint density at radius 2 is 1.33 bits per heavy atom. The summed E-state index contributed by atoms with van der Waals surface area (Å²) >= 11 is 0. The predicted octanol–water partition coefficient (Wildman–Crippen LogP) is 4.12. The molecule has 1 atom stereocenters. The molecule has 1 unspecified atom stereocenters. The number of alkyl halides is 6. The van der Waals surface area contributed by atoms with Gasteiger partial charge in [0.15, 0.2) is 5.52 Å². The number of halogens is 6. The van der Waals surface area contributed by atoms with E-state index in [9.17, 15) is 31.1 Å². The third-order valence-electron chi connectivity index (χ3n) is 4.52. The van der Waals surface area contributed by atoms with E-state index in [4.69, 9.17) is 0 Å². The van der Waals surface area contributed by atoms with Crippen LogP contribution in [0.5, 0.6) is 0 Å². The normalized spacial score (nSPS) is 12.7. The summed E-state index contributed by atoms with van der Waals surface area (Å²) in [6.07, 6.45) is -10.1. The maximum Gasteiger partial charge on any atom is 1.00 e. The van der Waals surface area contributed by atoms with Gasteiger partial charge in [0.05, 0.1) is 11.1 Å². The summed E-state index contributed by atoms with van der Waals surface area (Å²) in [7, 11) is -0.852. The van der Waals surface area contributed by atoms with Crippen LogP contribution in [0.3, 0.4) is 0 Å². The third-order valence-corrected chi connectivity index (χ3v) is 5.70. The second kappa shape index (κ2) is 9.89. The van der Waals surface area contributed by atoms with Gasteiger partial charge in [-0.25, -0.2) is 0 Å². The summed E-state index contributed by atoms with van der Waals surface area (Å²) in [6, 6.07) is 7.06. The fraction of sp³-hybridized carbons (Fsp3) is 0.381. The summed E-state index contributed by atoms with van der Waals surface area (Å²) < 4.78 is 80.3. The third kappa shape index (κ3) is 6.12. The average molecular weight is 441 g/mol. The zero-order chi connectivity index (χ0) is 22.1. The van der Waals surface area contributed by atoms with Gasteiger partial charge in [-0.3, -0.25) is 4.79 Å². The molecule has 30 heavy (non-hydrogen) atoms. The monoisotopic (exact) mass is 441 g/mol.